The molecule has 5 nitrogen and oxygen atoms in total. The van der Waals surface area contributed by atoms with Crippen LogP contribution in [0.1, 0.15) is 21.7 Å². The van der Waals surface area contributed by atoms with Crippen LogP contribution in [0.2, 0.25) is 0 Å². The Labute approximate surface area is 125 Å². The van der Waals surface area contributed by atoms with Gasteiger partial charge >= 0.3 is 5.63 Å². The minimum absolute atomic E-state index is 0.306. The van der Waals surface area contributed by atoms with Crippen molar-refractivity contribution in [2.75, 3.05) is 0 Å². The van der Waals surface area contributed by atoms with Crippen molar-refractivity contribution in [1.82, 2.24) is 9.59 Å². The van der Waals surface area contributed by atoms with Crippen LogP contribution in [0.5, 0.6) is 5.75 Å². The van der Waals surface area contributed by atoms with Crippen LogP contribution in [0.15, 0.2) is 27.4 Å². The second-order valence-corrected chi connectivity index (χ2v) is 5.71. The van der Waals surface area contributed by atoms with Gasteiger partial charge in [0, 0.05) is 17.0 Å². The Morgan fingerprint density at radius 2 is 2.05 bits per heavy atom. The standard InChI is InChI=1S/C15H14N2O3S/c1-8-9(2)15(18)20-13-6-11(4-5-12(8)13)19-7-14-10(3)16-17-21-14/h4-6H,7H2,1-3H3. The molecule has 3 aromatic rings. The molecule has 108 valence electrons. The van der Waals surface area contributed by atoms with Gasteiger partial charge in [0.25, 0.3) is 0 Å². The molecule has 0 aliphatic heterocycles. The lowest BCUT2D eigenvalue weighted by Crippen LogP contribution is -2.05. The second-order valence-electron chi connectivity index (χ2n) is 4.87. The fourth-order valence-electron chi connectivity index (χ4n) is 2.05. The zero-order valence-electron chi connectivity index (χ0n) is 12.0. The maximum atomic E-state index is 11.7. The first kappa shape index (κ1) is 13.8. The van der Waals surface area contributed by atoms with E-state index < -0.39 is 0 Å². The third-order valence-corrected chi connectivity index (χ3v) is 4.34. The van der Waals surface area contributed by atoms with Crippen LogP contribution in [-0.4, -0.2) is 9.59 Å². The van der Waals surface area contributed by atoms with Crippen molar-refractivity contribution in [3.8, 4) is 5.75 Å². The summed E-state index contributed by atoms with van der Waals surface area (Å²) in [6, 6.07) is 5.53. The third kappa shape index (κ3) is 2.54. The molecule has 0 atom stereocenters. The number of hydrogen-bond donors (Lipinski definition) is 0. The van der Waals surface area contributed by atoms with Crippen molar-refractivity contribution < 1.29 is 9.15 Å². The average Bonchev–Trinajstić information content (AvgIpc) is 2.88. The summed E-state index contributed by atoms with van der Waals surface area (Å²) in [5.74, 6) is 0.654. The first-order valence-corrected chi connectivity index (χ1v) is 7.28. The molecular weight excluding hydrogens is 288 g/mol. The van der Waals surface area contributed by atoms with Gasteiger partial charge in [-0.3, -0.25) is 0 Å². The number of benzene rings is 1. The Balaban J connectivity index is 1.93. The minimum atomic E-state index is -0.306. The predicted octanol–water partition coefficient (Wildman–Crippen LogP) is 3.15. The van der Waals surface area contributed by atoms with Crippen molar-refractivity contribution in [2.24, 2.45) is 0 Å². The summed E-state index contributed by atoms with van der Waals surface area (Å²) in [4.78, 5) is 12.7. The van der Waals surface area contributed by atoms with Crippen molar-refractivity contribution in [2.45, 2.75) is 27.4 Å². The second kappa shape index (κ2) is 5.29. The quantitative estimate of drug-likeness (QED) is 0.695. The van der Waals surface area contributed by atoms with Crippen LogP contribution in [-0.2, 0) is 6.61 Å². The van der Waals surface area contributed by atoms with E-state index in [-0.39, 0.29) is 5.63 Å². The van der Waals surface area contributed by atoms with Crippen molar-refractivity contribution in [3.05, 3.63) is 50.3 Å². The number of rotatable bonds is 3. The van der Waals surface area contributed by atoms with E-state index in [0.29, 0.717) is 23.5 Å². The van der Waals surface area contributed by atoms with Crippen LogP contribution in [0.25, 0.3) is 11.0 Å². The molecule has 1 aromatic carbocycles. The molecule has 0 N–H and O–H groups in total. The molecule has 0 saturated carbocycles. The van der Waals surface area contributed by atoms with Crippen LogP contribution in [0, 0.1) is 20.8 Å². The Kier molecular flexibility index (Phi) is 3.47. The van der Waals surface area contributed by atoms with E-state index in [2.05, 4.69) is 9.59 Å². The highest BCUT2D eigenvalue weighted by Gasteiger charge is 2.09. The van der Waals surface area contributed by atoms with Crippen molar-refractivity contribution >= 4 is 22.5 Å². The smallest absolute Gasteiger partial charge is 0.339 e. The summed E-state index contributed by atoms with van der Waals surface area (Å²) in [5, 5.41) is 4.87. The van der Waals surface area contributed by atoms with Crippen LogP contribution >= 0.6 is 11.5 Å². The zero-order valence-corrected chi connectivity index (χ0v) is 12.8. The Hall–Kier alpha value is -2.21. The minimum Gasteiger partial charge on any atom is -0.488 e. The van der Waals surface area contributed by atoms with E-state index in [1.165, 1.54) is 11.5 Å². The summed E-state index contributed by atoms with van der Waals surface area (Å²) < 4.78 is 14.9. The van der Waals surface area contributed by atoms with E-state index in [1.54, 1.807) is 13.0 Å². The summed E-state index contributed by atoms with van der Waals surface area (Å²) in [5.41, 5.74) is 2.69. The third-order valence-electron chi connectivity index (χ3n) is 3.54. The van der Waals surface area contributed by atoms with Gasteiger partial charge in [-0.05, 0) is 50.0 Å². The first-order valence-electron chi connectivity index (χ1n) is 6.51. The molecule has 21 heavy (non-hydrogen) atoms. The fraction of sp³-hybridized carbons (Fsp3) is 0.267. The number of aryl methyl sites for hydroxylation is 2. The summed E-state index contributed by atoms with van der Waals surface area (Å²) in [6.07, 6.45) is 0. The van der Waals surface area contributed by atoms with Crippen molar-refractivity contribution in [1.29, 1.82) is 0 Å². The molecule has 6 heteroatoms. The van der Waals surface area contributed by atoms with Crippen LogP contribution < -0.4 is 10.4 Å². The molecule has 0 aliphatic carbocycles. The van der Waals surface area contributed by atoms with Gasteiger partial charge in [-0.2, -0.15) is 0 Å². The topological polar surface area (TPSA) is 65.2 Å². The van der Waals surface area contributed by atoms with Gasteiger partial charge in [0.1, 0.15) is 17.9 Å². The number of nitrogens with zero attached hydrogens (tertiary/aromatic N) is 2. The van der Waals surface area contributed by atoms with E-state index in [1.807, 2.05) is 26.0 Å². The van der Waals surface area contributed by atoms with E-state index in [9.17, 15) is 4.79 Å². The number of aromatic nitrogens is 2. The van der Waals surface area contributed by atoms with E-state index >= 15 is 0 Å². The maximum absolute atomic E-state index is 11.7. The Morgan fingerprint density at radius 1 is 1.24 bits per heavy atom. The molecule has 0 unspecified atom stereocenters. The highest BCUT2D eigenvalue weighted by Crippen LogP contribution is 2.24. The highest BCUT2D eigenvalue weighted by atomic mass is 32.1. The van der Waals surface area contributed by atoms with E-state index in [4.69, 9.17) is 9.15 Å². The SMILES string of the molecule is Cc1nnsc1COc1ccc2c(C)c(C)c(=O)oc2c1. The molecule has 0 fully saturated rings. The predicted molar refractivity (Wildman–Crippen MR) is 80.9 cm³/mol. The molecule has 3 rings (SSSR count). The lowest BCUT2D eigenvalue weighted by molar-refractivity contribution is 0.308. The number of ether oxygens (including phenoxy) is 1. The molecule has 0 spiro atoms. The maximum Gasteiger partial charge on any atom is 0.339 e. The molecule has 0 bridgehead atoms. The largest absolute Gasteiger partial charge is 0.488 e. The molecule has 0 amide bonds. The van der Waals surface area contributed by atoms with E-state index in [0.717, 1.165) is 21.5 Å². The van der Waals surface area contributed by atoms with Gasteiger partial charge in [-0.25, -0.2) is 4.79 Å². The average molecular weight is 302 g/mol. The summed E-state index contributed by atoms with van der Waals surface area (Å²) in [7, 11) is 0. The zero-order chi connectivity index (χ0) is 15.0. The fourth-order valence-corrected chi connectivity index (χ4v) is 2.60. The van der Waals surface area contributed by atoms with Gasteiger partial charge < -0.3 is 9.15 Å². The van der Waals surface area contributed by atoms with Crippen LogP contribution in [0.4, 0.5) is 0 Å². The Bertz CT molecular complexity index is 867. The summed E-state index contributed by atoms with van der Waals surface area (Å²) >= 11 is 1.32. The first-order chi connectivity index (χ1) is 10.1. The van der Waals surface area contributed by atoms with Gasteiger partial charge in [-0.15, -0.1) is 5.10 Å². The molecule has 0 saturated heterocycles. The monoisotopic (exact) mass is 302 g/mol. The van der Waals surface area contributed by atoms with Gasteiger partial charge in [0.2, 0.25) is 0 Å². The summed E-state index contributed by atoms with van der Waals surface area (Å²) in [6.45, 7) is 5.99. The van der Waals surface area contributed by atoms with Gasteiger partial charge in [-0.1, -0.05) is 4.49 Å². The molecule has 0 aliphatic rings. The normalized spacial score (nSPS) is 11.0. The van der Waals surface area contributed by atoms with Gasteiger partial charge in [0.15, 0.2) is 0 Å². The molecular formula is C15H14N2O3S. The molecule has 2 heterocycles. The lowest BCUT2D eigenvalue weighted by Gasteiger charge is -2.08. The van der Waals surface area contributed by atoms with Crippen LogP contribution in [0.3, 0.4) is 0 Å². The number of hydrogen-bond acceptors (Lipinski definition) is 6. The molecule has 2 aromatic heterocycles. The Morgan fingerprint density at radius 3 is 2.76 bits per heavy atom. The lowest BCUT2D eigenvalue weighted by atomic mass is 10.1. The van der Waals surface area contributed by atoms with Gasteiger partial charge in [0.05, 0.1) is 10.6 Å². The highest BCUT2D eigenvalue weighted by molar-refractivity contribution is 7.05. The molecule has 0 radical (unpaired) electrons. The van der Waals surface area contributed by atoms with Crippen molar-refractivity contribution in [3.63, 3.8) is 0 Å². The number of fused-ring (bicyclic) bond motifs is 1.